The average Bonchev–Trinajstić information content (AvgIpc) is 2.92. The molecule has 0 radical (unpaired) electrons. The summed E-state index contributed by atoms with van der Waals surface area (Å²) < 4.78 is 10.5. The van der Waals surface area contributed by atoms with E-state index in [2.05, 4.69) is 16.9 Å². The zero-order chi connectivity index (χ0) is 17.3. The highest BCUT2D eigenvalue weighted by Crippen LogP contribution is 2.28. The normalized spacial score (nSPS) is 17.1. The maximum absolute atomic E-state index is 12.5. The standard InChI is InChI=1S/C16H21N3O4S/c1-4-23-16(21)12-9(2)11-14(20)17-13(18-15(11)24-12)10(3)19-5-7-22-8-6-19/h10H,4-8H2,1-3H3,(H,17,18,20)/p+1/t10-/m1/s1. The Hall–Kier alpha value is -1.77. The first-order chi connectivity index (χ1) is 11.5. The van der Waals surface area contributed by atoms with E-state index in [4.69, 9.17) is 9.47 Å². The third-order valence-electron chi connectivity index (χ3n) is 4.44. The number of quaternary nitrogens is 1. The molecule has 1 aliphatic heterocycles. The summed E-state index contributed by atoms with van der Waals surface area (Å²) in [5.41, 5.74) is 0.443. The Morgan fingerprint density at radius 1 is 1.46 bits per heavy atom. The molecule has 1 atom stereocenters. The molecule has 0 bridgehead atoms. The molecule has 0 unspecified atom stereocenters. The third-order valence-corrected chi connectivity index (χ3v) is 5.60. The van der Waals surface area contributed by atoms with Crippen LogP contribution < -0.4 is 10.5 Å². The predicted molar refractivity (Wildman–Crippen MR) is 90.9 cm³/mol. The summed E-state index contributed by atoms with van der Waals surface area (Å²) in [6.07, 6.45) is 0. The minimum absolute atomic E-state index is 0.0689. The molecule has 0 aliphatic carbocycles. The maximum Gasteiger partial charge on any atom is 0.348 e. The van der Waals surface area contributed by atoms with Gasteiger partial charge in [0.15, 0.2) is 5.82 Å². The quantitative estimate of drug-likeness (QED) is 0.780. The van der Waals surface area contributed by atoms with Crippen LogP contribution in [0, 0.1) is 6.92 Å². The van der Waals surface area contributed by atoms with Crippen LogP contribution in [0.15, 0.2) is 4.79 Å². The van der Waals surface area contributed by atoms with E-state index < -0.39 is 5.97 Å². The number of esters is 1. The van der Waals surface area contributed by atoms with Gasteiger partial charge in [-0.25, -0.2) is 9.78 Å². The van der Waals surface area contributed by atoms with Gasteiger partial charge in [0.25, 0.3) is 5.56 Å². The van der Waals surface area contributed by atoms with Crippen molar-refractivity contribution in [1.29, 1.82) is 0 Å². The SMILES string of the molecule is CCOC(=O)c1sc2nc([C@@H](C)[NH+]3CCOCC3)[nH]c(=O)c2c1C. The monoisotopic (exact) mass is 352 g/mol. The highest BCUT2D eigenvalue weighted by Gasteiger charge is 2.26. The predicted octanol–water partition coefficient (Wildman–Crippen LogP) is 0.446. The number of nitrogens with one attached hydrogen (secondary N) is 2. The Balaban J connectivity index is 2.00. The van der Waals surface area contributed by atoms with Crippen molar-refractivity contribution in [2.45, 2.75) is 26.8 Å². The van der Waals surface area contributed by atoms with Crippen LogP contribution in [-0.2, 0) is 9.47 Å². The second-order valence-electron chi connectivity index (χ2n) is 5.90. The second kappa shape index (κ2) is 7.00. The topological polar surface area (TPSA) is 85.7 Å². The first-order valence-electron chi connectivity index (χ1n) is 8.15. The molecule has 1 aliphatic rings. The zero-order valence-corrected chi connectivity index (χ0v) is 14.9. The van der Waals surface area contributed by atoms with Gasteiger partial charge in [-0.3, -0.25) is 4.79 Å². The van der Waals surface area contributed by atoms with E-state index in [1.54, 1.807) is 13.8 Å². The van der Waals surface area contributed by atoms with Crippen molar-refractivity contribution in [3.63, 3.8) is 0 Å². The number of aryl methyl sites for hydroxylation is 1. The smallest absolute Gasteiger partial charge is 0.348 e. The molecule has 2 aromatic rings. The van der Waals surface area contributed by atoms with Crippen molar-refractivity contribution in [1.82, 2.24) is 9.97 Å². The van der Waals surface area contributed by atoms with Crippen molar-refractivity contribution in [3.05, 3.63) is 26.6 Å². The van der Waals surface area contributed by atoms with E-state index in [1.165, 1.54) is 16.2 Å². The van der Waals surface area contributed by atoms with E-state index in [0.717, 1.165) is 26.3 Å². The molecule has 0 aromatic carbocycles. The molecular weight excluding hydrogens is 330 g/mol. The van der Waals surface area contributed by atoms with Crippen molar-refractivity contribution in [3.8, 4) is 0 Å². The lowest BCUT2D eigenvalue weighted by molar-refractivity contribution is -0.937. The molecule has 2 N–H and O–H groups in total. The van der Waals surface area contributed by atoms with Gasteiger partial charge in [0, 0.05) is 0 Å². The minimum Gasteiger partial charge on any atom is -0.462 e. The fourth-order valence-electron chi connectivity index (χ4n) is 3.02. The Morgan fingerprint density at radius 2 is 2.17 bits per heavy atom. The summed E-state index contributed by atoms with van der Waals surface area (Å²) >= 11 is 1.22. The lowest BCUT2D eigenvalue weighted by Gasteiger charge is -2.28. The Kier molecular flexibility index (Phi) is 4.98. The molecule has 1 saturated heterocycles. The first kappa shape index (κ1) is 17.1. The lowest BCUT2D eigenvalue weighted by Crippen LogP contribution is -3.14. The zero-order valence-electron chi connectivity index (χ0n) is 14.1. The van der Waals surface area contributed by atoms with Gasteiger partial charge in [0.2, 0.25) is 0 Å². The number of fused-ring (bicyclic) bond motifs is 1. The number of rotatable bonds is 4. The van der Waals surface area contributed by atoms with Gasteiger partial charge in [-0.2, -0.15) is 0 Å². The van der Waals surface area contributed by atoms with Crippen molar-refractivity contribution < 1.29 is 19.2 Å². The average molecular weight is 352 g/mol. The molecule has 0 amide bonds. The highest BCUT2D eigenvalue weighted by atomic mass is 32.1. The first-order valence-corrected chi connectivity index (χ1v) is 8.97. The summed E-state index contributed by atoms with van der Waals surface area (Å²) in [6, 6.07) is 0.0689. The highest BCUT2D eigenvalue weighted by molar-refractivity contribution is 7.20. The van der Waals surface area contributed by atoms with Gasteiger partial charge >= 0.3 is 5.97 Å². The summed E-state index contributed by atoms with van der Waals surface area (Å²) in [4.78, 5) is 34.5. The molecule has 2 aromatic heterocycles. The largest absolute Gasteiger partial charge is 0.462 e. The molecular formula is C16H22N3O4S+. The summed E-state index contributed by atoms with van der Waals surface area (Å²) in [6.45, 7) is 9.10. The fourth-order valence-corrected chi connectivity index (χ4v) is 4.10. The second-order valence-corrected chi connectivity index (χ2v) is 6.90. The Morgan fingerprint density at radius 3 is 2.83 bits per heavy atom. The van der Waals surface area contributed by atoms with Gasteiger partial charge in [0.05, 0.1) is 25.2 Å². The Bertz CT molecular complexity index is 807. The van der Waals surface area contributed by atoms with Crippen LogP contribution in [0.4, 0.5) is 0 Å². The van der Waals surface area contributed by atoms with E-state index in [1.807, 2.05) is 0 Å². The molecule has 24 heavy (non-hydrogen) atoms. The maximum atomic E-state index is 12.5. The van der Waals surface area contributed by atoms with Gasteiger partial charge < -0.3 is 19.4 Å². The number of carbonyl (C=O) groups is 1. The van der Waals surface area contributed by atoms with Crippen molar-refractivity contribution >= 4 is 27.5 Å². The number of thiophene rings is 1. The lowest BCUT2D eigenvalue weighted by atomic mass is 10.2. The number of nitrogens with zero attached hydrogens (tertiary/aromatic N) is 1. The number of hydrogen-bond acceptors (Lipinski definition) is 6. The fraction of sp³-hybridized carbons (Fsp3) is 0.562. The van der Waals surface area contributed by atoms with Crippen molar-refractivity contribution in [2.75, 3.05) is 32.9 Å². The number of aromatic nitrogens is 2. The van der Waals surface area contributed by atoms with Crippen LogP contribution in [0.1, 0.15) is 40.9 Å². The summed E-state index contributed by atoms with van der Waals surface area (Å²) in [5.74, 6) is 0.256. The van der Waals surface area contributed by atoms with E-state index in [0.29, 0.717) is 33.1 Å². The third kappa shape index (κ3) is 3.09. The molecule has 1 fully saturated rings. The Labute approximate surface area is 143 Å². The van der Waals surface area contributed by atoms with Gasteiger partial charge in [-0.05, 0) is 26.3 Å². The van der Waals surface area contributed by atoms with Crippen LogP contribution in [-0.4, -0.2) is 48.8 Å². The van der Waals surface area contributed by atoms with Crippen LogP contribution >= 0.6 is 11.3 Å². The summed E-state index contributed by atoms with van der Waals surface area (Å²) in [5, 5.41) is 0.482. The molecule has 3 heterocycles. The molecule has 3 rings (SSSR count). The van der Waals surface area contributed by atoms with E-state index in [-0.39, 0.29) is 11.6 Å². The van der Waals surface area contributed by atoms with Gasteiger partial charge in [0.1, 0.15) is 28.8 Å². The number of carbonyl (C=O) groups excluding carboxylic acids is 1. The number of morpholine rings is 1. The number of hydrogen-bond donors (Lipinski definition) is 2. The minimum atomic E-state index is -0.397. The van der Waals surface area contributed by atoms with Crippen LogP contribution in [0.2, 0.25) is 0 Å². The molecule has 0 spiro atoms. The number of aromatic amines is 1. The van der Waals surface area contributed by atoms with Gasteiger partial charge in [-0.1, -0.05) is 0 Å². The van der Waals surface area contributed by atoms with E-state index >= 15 is 0 Å². The molecule has 130 valence electrons. The van der Waals surface area contributed by atoms with E-state index in [9.17, 15) is 9.59 Å². The van der Waals surface area contributed by atoms with Crippen molar-refractivity contribution in [2.24, 2.45) is 0 Å². The van der Waals surface area contributed by atoms with Crippen LogP contribution in [0.5, 0.6) is 0 Å². The van der Waals surface area contributed by atoms with Gasteiger partial charge in [-0.15, -0.1) is 11.3 Å². The molecule has 8 heteroatoms. The van der Waals surface area contributed by atoms with Crippen LogP contribution in [0.3, 0.4) is 0 Å². The molecule has 7 nitrogen and oxygen atoms in total. The molecule has 0 saturated carbocycles. The number of H-pyrrole nitrogens is 1. The number of ether oxygens (including phenoxy) is 2. The summed E-state index contributed by atoms with van der Waals surface area (Å²) in [7, 11) is 0. The van der Waals surface area contributed by atoms with Crippen LogP contribution in [0.25, 0.3) is 10.2 Å².